The van der Waals surface area contributed by atoms with Crippen LogP contribution in [0.25, 0.3) is 5.52 Å². The summed E-state index contributed by atoms with van der Waals surface area (Å²) in [5, 5.41) is 3.08. The van der Waals surface area contributed by atoms with Gasteiger partial charge in [0.15, 0.2) is 0 Å². The molecule has 2 aromatic heterocycles. The minimum absolute atomic E-state index is 0.0918. The zero-order valence-electron chi connectivity index (χ0n) is 14.6. The Morgan fingerprint density at radius 3 is 2.84 bits per heavy atom. The molecule has 1 aliphatic carbocycles. The standard InChI is InChI=1S/C20H25N3O2/c1-14-7-9-23(13-17(14)11-21-19(24)15-5-6-15)20(25)16-10-18-4-2-3-8-22(18)12-16/h2-4,8,10,12,14-15,17H,5-7,9,11,13H2,1H3,(H,21,24). The van der Waals surface area contributed by atoms with E-state index in [9.17, 15) is 9.59 Å². The maximum atomic E-state index is 12.9. The van der Waals surface area contributed by atoms with Gasteiger partial charge in [0.2, 0.25) is 5.91 Å². The molecule has 0 bridgehead atoms. The summed E-state index contributed by atoms with van der Waals surface area (Å²) in [5.41, 5.74) is 1.77. The van der Waals surface area contributed by atoms with Crippen molar-refractivity contribution in [3.8, 4) is 0 Å². The van der Waals surface area contributed by atoms with Gasteiger partial charge >= 0.3 is 0 Å². The Balaban J connectivity index is 1.42. The Hall–Kier alpha value is -2.30. The van der Waals surface area contributed by atoms with E-state index in [1.54, 1.807) is 0 Å². The lowest BCUT2D eigenvalue weighted by molar-refractivity contribution is -0.122. The molecule has 2 amide bonds. The molecule has 1 aliphatic heterocycles. The first kappa shape index (κ1) is 16.2. The van der Waals surface area contributed by atoms with E-state index in [-0.39, 0.29) is 17.7 Å². The van der Waals surface area contributed by atoms with Crippen LogP contribution in [0.1, 0.15) is 36.5 Å². The molecule has 1 saturated heterocycles. The lowest BCUT2D eigenvalue weighted by Crippen LogP contribution is -2.47. The zero-order chi connectivity index (χ0) is 17.4. The number of carbonyl (C=O) groups is 2. The molecule has 25 heavy (non-hydrogen) atoms. The minimum atomic E-state index is 0.0918. The first-order chi connectivity index (χ1) is 12.1. The number of hydrogen-bond donors (Lipinski definition) is 1. The fourth-order valence-electron chi connectivity index (χ4n) is 3.68. The van der Waals surface area contributed by atoms with Crippen LogP contribution in [-0.2, 0) is 4.79 Å². The summed E-state index contributed by atoms with van der Waals surface area (Å²) in [7, 11) is 0. The second-order valence-electron chi connectivity index (χ2n) is 7.56. The fourth-order valence-corrected chi connectivity index (χ4v) is 3.68. The van der Waals surface area contributed by atoms with Gasteiger partial charge in [-0.3, -0.25) is 9.59 Å². The van der Waals surface area contributed by atoms with Crippen molar-refractivity contribution >= 4 is 17.3 Å². The molecule has 2 fully saturated rings. The van der Waals surface area contributed by atoms with Crippen LogP contribution in [0.2, 0.25) is 0 Å². The largest absolute Gasteiger partial charge is 0.356 e. The van der Waals surface area contributed by atoms with Gasteiger partial charge in [-0.25, -0.2) is 0 Å². The summed E-state index contributed by atoms with van der Waals surface area (Å²) in [5.74, 6) is 1.38. The SMILES string of the molecule is CC1CCN(C(=O)c2cc3ccccn3c2)CC1CNC(=O)C1CC1. The van der Waals surface area contributed by atoms with E-state index in [0.717, 1.165) is 43.4 Å². The predicted octanol–water partition coefficient (Wildman–Crippen LogP) is 2.56. The number of nitrogens with zero attached hydrogens (tertiary/aromatic N) is 2. The van der Waals surface area contributed by atoms with Crippen LogP contribution in [0.5, 0.6) is 0 Å². The third kappa shape index (κ3) is 3.41. The van der Waals surface area contributed by atoms with Crippen LogP contribution in [0.15, 0.2) is 36.7 Å². The average molecular weight is 339 g/mol. The van der Waals surface area contributed by atoms with E-state index in [1.165, 1.54) is 0 Å². The van der Waals surface area contributed by atoms with Crippen molar-refractivity contribution in [2.45, 2.75) is 26.2 Å². The fraction of sp³-hybridized carbons (Fsp3) is 0.500. The predicted molar refractivity (Wildman–Crippen MR) is 96.3 cm³/mol. The quantitative estimate of drug-likeness (QED) is 0.931. The van der Waals surface area contributed by atoms with Crippen molar-refractivity contribution in [1.29, 1.82) is 0 Å². The highest BCUT2D eigenvalue weighted by Gasteiger charge is 2.33. The Morgan fingerprint density at radius 2 is 2.08 bits per heavy atom. The van der Waals surface area contributed by atoms with Crippen LogP contribution >= 0.6 is 0 Å². The van der Waals surface area contributed by atoms with Crippen molar-refractivity contribution in [3.63, 3.8) is 0 Å². The summed E-state index contributed by atoms with van der Waals surface area (Å²) in [6.45, 7) is 4.41. The van der Waals surface area contributed by atoms with Crippen molar-refractivity contribution in [3.05, 3.63) is 42.2 Å². The average Bonchev–Trinajstić information content (AvgIpc) is 3.38. The minimum Gasteiger partial charge on any atom is -0.356 e. The third-order valence-corrected chi connectivity index (χ3v) is 5.64. The first-order valence-corrected chi connectivity index (χ1v) is 9.25. The van der Waals surface area contributed by atoms with Gasteiger partial charge < -0.3 is 14.6 Å². The number of nitrogens with one attached hydrogen (secondary N) is 1. The molecule has 2 aromatic rings. The smallest absolute Gasteiger partial charge is 0.255 e. The number of hydrogen-bond acceptors (Lipinski definition) is 2. The van der Waals surface area contributed by atoms with Gasteiger partial charge in [-0.2, -0.15) is 0 Å². The summed E-state index contributed by atoms with van der Waals surface area (Å²) in [6.07, 6.45) is 6.90. The molecule has 5 nitrogen and oxygen atoms in total. The molecule has 0 aromatic carbocycles. The molecule has 1 saturated carbocycles. The second-order valence-corrected chi connectivity index (χ2v) is 7.56. The van der Waals surface area contributed by atoms with E-state index in [2.05, 4.69) is 12.2 Å². The normalized spacial score (nSPS) is 23.6. The highest BCUT2D eigenvalue weighted by atomic mass is 16.2. The van der Waals surface area contributed by atoms with E-state index in [4.69, 9.17) is 0 Å². The van der Waals surface area contributed by atoms with Crippen LogP contribution < -0.4 is 5.32 Å². The van der Waals surface area contributed by atoms with Crippen LogP contribution in [0.4, 0.5) is 0 Å². The lowest BCUT2D eigenvalue weighted by atomic mass is 9.86. The maximum Gasteiger partial charge on any atom is 0.255 e. The molecular weight excluding hydrogens is 314 g/mol. The van der Waals surface area contributed by atoms with Crippen LogP contribution in [-0.4, -0.2) is 40.7 Å². The summed E-state index contributed by atoms with van der Waals surface area (Å²) in [4.78, 5) is 26.7. The van der Waals surface area contributed by atoms with Gasteiger partial charge in [0.05, 0.1) is 5.56 Å². The van der Waals surface area contributed by atoms with Gasteiger partial charge in [0.25, 0.3) is 5.91 Å². The maximum absolute atomic E-state index is 12.9. The Labute approximate surface area is 148 Å². The molecule has 0 radical (unpaired) electrons. The highest BCUT2D eigenvalue weighted by Crippen LogP contribution is 2.29. The first-order valence-electron chi connectivity index (χ1n) is 9.25. The number of pyridine rings is 1. The van der Waals surface area contributed by atoms with Crippen molar-refractivity contribution in [2.24, 2.45) is 17.8 Å². The number of rotatable bonds is 4. The topological polar surface area (TPSA) is 53.8 Å². The third-order valence-electron chi connectivity index (χ3n) is 5.64. The van der Waals surface area contributed by atoms with E-state index >= 15 is 0 Å². The summed E-state index contributed by atoms with van der Waals surface area (Å²) < 4.78 is 1.98. The molecule has 4 rings (SSSR count). The Kier molecular flexibility index (Phi) is 4.24. The summed E-state index contributed by atoms with van der Waals surface area (Å²) >= 11 is 0. The van der Waals surface area contributed by atoms with Gasteiger partial charge in [-0.15, -0.1) is 0 Å². The molecule has 2 aliphatic rings. The van der Waals surface area contributed by atoms with Crippen LogP contribution in [0.3, 0.4) is 0 Å². The number of likely N-dealkylation sites (tertiary alicyclic amines) is 1. The molecule has 132 valence electrons. The van der Waals surface area contributed by atoms with E-state index in [0.29, 0.717) is 18.4 Å². The van der Waals surface area contributed by atoms with E-state index < -0.39 is 0 Å². The van der Waals surface area contributed by atoms with E-state index in [1.807, 2.05) is 46.0 Å². The van der Waals surface area contributed by atoms with Gasteiger partial charge in [0.1, 0.15) is 0 Å². The molecular formula is C20H25N3O2. The summed E-state index contributed by atoms with van der Waals surface area (Å²) in [6, 6.07) is 7.89. The molecule has 2 atom stereocenters. The highest BCUT2D eigenvalue weighted by molar-refractivity contribution is 5.95. The van der Waals surface area contributed by atoms with Crippen molar-refractivity contribution < 1.29 is 9.59 Å². The molecule has 1 N–H and O–H groups in total. The molecule has 2 unspecified atom stereocenters. The van der Waals surface area contributed by atoms with Gasteiger partial charge in [-0.05, 0) is 49.3 Å². The number of carbonyl (C=O) groups excluding carboxylic acids is 2. The molecule has 3 heterocycles. The number of piperidine rings is 1. The lowest BCUT2D eigenvalue weighted by Gasteiger charge is -2.37. The second kappa shape index (κ2) is 6.54. The number of amides is 2. The Bertz CT molecular complexity index is 760. The zero-order valence-corrected chi connectivity index (χ0v) is 14.6. The van der Waals surface area contributed by atoms with Gasteiger partial charge in [0, 0.05) is 43.5 Å². The number of fused-ring (bicyclic) bond motifs is 1. The number of aromatic nitrogens is 1. The monoisotopic (exact) mass is 339 g/mol. The van der Waals surface area contributed by atoms with Crippen molar-refractivity contribution in [1.82, 2.24) is 14.6 Å². The van der Waals surface area contributed by atoms with Crippen molar-refractivity contribution in [2.75, 3.05) is 19.6 Å². The molecule has 0 spiro atoms. The van der Waals surface area contributed by atoms with Crippen LogP contribution in [0, 0.1) is 17.8 Å². The molecule has 5 heteroatoms. The van der Waals surface area contributed by atoms with Gasteiger partial charge in [-0.1, -0.05) is 13.0 Å². The Morgan fingerprint density at radius 1 is 1.24 bits per heavy atom.